The van der Waals surface area contributed by atoms with E-state index in [2.05, 4.69) is 47.6 Å². The van der Waals surface area contributed by atoms with Gasteiger partial charge in [-0.2, -0.15) is 18.3 Å². The molecule has 0 radical (unpaired) electrons. The number of para-hydroxylation sites is 1. The van der Waals surface area contributed by atoms with E-state index in [4.69, 9.17) is 4.42 Å². The number of rotatable bonds is 4. The van der Waals surface area contributed by atoms with Crippen molar-refractivity contribution in [1.82, 2.24) is 9.78 Å². The van der Waals surface area contributed by atoms with Crippen LogP contribution in [0.25, 0.3) is 0 Å². The zero-order chi connectivity index (χ0) is 22.3. The fourth-order valence-corrected chi connectivity index (χ4v) is 4.44. The molecule has 0 unspecified atom stereocenters. The molecule has 1 amide bonds. The SMILES string of the molecule is CCc1ccccc1NC(=O)c1nn2c(c1Br)N[C@H](c1ccc(Br)o1)C[C@H]2C(F)(F)F. The number of hydrogen-bond acceptors (Lipinski definition) is 4. The summed E-state index contributed by atoms with van der Waals surface area (Å²) in [6.07, 6.45) is -4.20. The Labute approximate surface area is 192 Å². The van der Waals surface area contributed by atoms with E-state index < -0.39 is 24.2 Å². The third-order valence-electron chi connectivity index (χ3n) is 5.09. The molecule has 6 nitrogen and oxygen atoms in total. The molecular formula is C20H17Br2F3N4O2. The Hall–Kier alpha value is -2.27. The average Bonchev–Trinajstić information content (AvgIpc) is 3.30. The first-order valence-electron chi connectivity index (χ1n) is 9.44. The normalized spacial score (nSPS) is 18.4. The van der Waals surface area contributed by atoms with Crippen molar-refractivity contribution in [2.24, 2.45) is 0 Å². The Morgan fingerprint density at radius 1 is 1.29 bits per heavy atom. The van der Waals surface area contributed by atoms with E-state index in [1.54, 1.807) is 24.3 Å². The molecule has 3 heterocycles. The number of furan rings is 1. The van der Waals surface area contributed by atoms with Crippen molar-refractivity contribution in [3.63, 3.8) is 0 Å². The molecule has 0 spiro atoms. The molecule has 0 saturated heterocycles. The third kappa shape index (κ3) is 4.25. The first kappa shape index (κ1) is 21.9. The first-order valence-corrected chi connectivity index (χ1v) is 11.0. The topological polar surface area (TPSA) is 72.1 Å². The summed E-state index contributed by atoms with van der Waals surface area (Å²) in [7, 11) is 0. The van der Waals surface area contributed by atoms with Gasteiger partial charge in [-0.15, -0.1) is 0 Å². The number of aryl methyl sites for hydroxylation is 1. The summed E-state index contributed by atoms with van der Waals surface area (Å²) in [5, 5.41) is 9.79. The van der Waals surface area contributed by atoms with Crippen LogP contribution in [0.2, 0.25) is 0 Å². The Morgan fingerprint density at radius 3 is 2.68 bits per heavy atom. The lowest BCUT2D eigenvalue weighted by Crippen LogP contribution is -2.35. The van der Waals surface area contributed by atoms with Gasteiger partial charge >= 0.3 is 6.18 Å². The number of halogens is 5. The maximum atomic E-state index is 13.9. The quantitative estimate of drug-likeness (QED) is 0.382. The van der Waals surface area contributed by atoms with Crippen LogP contribution in [0.4, 0.5) is 24.7 Å². The standard InChI is InChI=1S/C20H17Br2F3N4O2/c1-2-10-5-3-4-6-11(10)27-19(30)17-16(22)18-26-12(13-7-8-15(21)31-13)9-14(20(23,24)25)29(18)28-17/h3-8,12,14,26H,2,9H2,1H3,(H,27,30)/t12-,14-/m0/s1. The van der Waals surface area contributed by atoms with Gasteiger partial charge in [0.15, 0.2) is 16.4 Å². The molecule has 3 aromatic rings. The second-order valence-electron chi connectivity index (χ2n) is 7.05. The average molecular weight is 562 g/mol. The molecule has 0 aliphatic carbocycles. The van der Waals surface area contributed by atoms with E-state index >= 15 is 0 Å². The van der Waals surface area contributed by atoms with Gasteiger partial charge in [0.2, 0.25) is 0 Å². The van der Waals surface area contributed by atoms with Crippen LogP contribution < -0.4 is 10.6 Å². The van der Waals surface area contributed by atoms with Crippen LogP contribution in [0.15, 0.2) is 50.0 Å². The number of anilines is 2. The highest BCUT2D eigenvalue weighted by Gasteiger charge is 2.48. The fraction of sp³-hybridized carbons (Fsp3) is 0.300. The first-order chi connectivity index (χ1) is 14.7. The number of nitrogens with zero attached hydrogens (tertiary/aromatic N) is 2. The van der Waals surface area contributed by atoms with E-state index in [1.165, 1.54) is 0 Å². The number of nitrogens with one attached hydrogen (secondary N) is 2. The molecule has 1 aromatic carbocycles. The van der Waals surface area contributed by atoms with Crippen LogP contribution in [-0.2, 0) is 6.42 Å². The highest BCUT2D eigenvalue weighted by Crippen LogP contribution is 2.46. The molecule has 0 saturated carbocycles. The Bertz CT molecular complexity index is 1130. The molecular weight excluding hydrogens is 545 g/mol. The number of benzene rings is 1. The molecule has 31 heavy (non-hydrogen) atoms. The van der Waals surface area contributed by atoms with Gasteiger partial charge in [0.1, 0.15) is 11.6 Å². The number of fused-ring (bicyclic) bond motifs is 1. The Morgan fingerprint density at radius 2 is 2.03 bits per heavy atom. The second-order valence-corrected chi connectivity index (χ2v) is 8.63. The molecule has 1 aliphatic rings. The van der Waals surface area contributed by atoms with Crippen LogP contribution in [0.5, 0.6) is 0 Å². The van der Waals surface area contributed by atoms with E-state index in [0.29, 0.717) is 22.5 Å². The molecule has 11 heteroatoms. The van der Waals surface area contributed by atoms with Crippen molar-refractivity contribution in [3.8, 4) is 0 Å². The molecule has 0 fully saturated rings. The molecule has 0 bridgehead atoms. The summed E-state index contributed by atoms with van der Waals surface area (Å²) < 4.78 is 48.4. The maximum Gasteiger partial charge on any atom is 0.410 e. The van der Waals surface area contributed by atoms with Gasteiger partial charge in [-0.3, -0.25) is 4.79 Å². The summed E-state index contributed by atoms with van der Waals surface area (Å²) in [4.78, 5) is 12.9. The minimum atomic E-state index is -4.56. The molecule has 2 N–H and O–H groups in total. The van der Waals surface area contributed by atoms with Crippen molar-refractivity contribution < 1.29 is 22.4 Å². The van der Waals surface area contributed by atoms with Gasteiger partial charge in [-0.05, 0) is 62.0 Å². The van der Waals surface area contributed by atoms with Crippen molar-refractivity contribution in [2.45, 2.75) is 38.0 Å². The summed E-state index contributed by atoms with van der Waals surface area (Å²) in [5.41, 5.74) is 1.36. The van der Waals surface area contributed by atoms with Crippen LogP contribution in [-0.4, -0.2) is 21.9 Å². The molecule has 2 aromatic heterocycles. The number of alkyl halides is 3. The van der Waals surface area contributed by atoms with E-state index in [9.17, 15) is 18.0 Å². The van der Waals surface area contributed by atoms with Crippen LogP contribution in [0.1, 0.15) is 47.2 Å². The largest absolute Gasteiger partial charge is 0.452 e. The van der Waals surface area contributed by atoms with Gasteiger partial charge in [0, 0.05) is 12.1 Å². The summed E-state index contributed by atoms with van der Waals surface area (Å²) >= 11 is 6.44. The smallest absolute Gasteiger partial charge is 0.410 e. The summed E-state index contributed by atoms with van der Waals surface area (Å²) in [5.74, 6) is -0.182. The Balaban J connectivity index is 1.70. The van der Waals surface area contributed by atoms with E-state index in [0.717, 1.165) is 10.2 Å². The lowest BCUT2D eigenvalue weighted by molar-refractivity contribution is -0.174. The predicted octanol–water partition coefficient (Wildman–Crippen LogP) is 6.48. The van der Waals surface area contributed by atoms with Gasteiger partial charge in [-0.1, -0.05) is 25.1 Å². The zero-order valence-electron chi connectivity index (χ0n) is 16.1. The van der Waals surface area contributed by atoms with E-state index in [-0.39, 0.29) is 22.4 Å². The lowest BCUT2D eigenvalue weighted by Gasteiger charge is -2.32. The minimum Gasteiger partial charge on any atom is -0.452 e. The van der Waals surface area contributed by atoms with Gasteiger partial charge in [0.05, 0.1) is 10.5 Å². The second kappa shape index (κ2) is 8.34. The number of aromatic nitrogens is 2. The monoisotopic (exact) mass is 560 g/mol. The van der Waals surface area contributed by atoms with Gasteiger partial charge in [0.25, 0.3) is 5.91 Å². The van der Waals surface area contributed by atoms with E-state index in [1.807, 2.05) is 19.1 Å². The van der Waals surface area contributed by atoms with Crippen molar-refractivity contribution in [1.29, 1.82) is 0 Å². The van der Waals surface area contributed by atoms with Crippen LogP contribution in [0, 0.1) is 0 Å². The molecule has 2 atom stereocenters. The summed E-state index contributed by atoms with van der Waals surface area (Å²) in [6, 6.07) is 7.79. The number of amides is 1. The number of hydrogen-bond donors (Lipinski definition) is 2. The molecule has 164 valence electrons. The maximum absolute atomic E-state index is 13.9. The molecule has 1 aliphatic heterocycles. The third-order valence-corrected chi connectivity index (χ3v) is 6.27. The van der Waals surface area contributed by atoms with Crippen LogP contribution in [0.3, 0.4) is 0 Å². The highest BCUT2D eigenvalue weighted by molar-refractivity contribution is 9.10. The summed E-state index contributed by atoms with van der Waals surface area (Å²) in [6.45, 7) is 1.95. The minimum absolute atomic E-state index is 0.0695. The van der Waals surface area contributed by atoms with Gasteiger partial charge < -0.3 is 15.1 Å². The van der Waals surface area contributed by atoms with Crippen molar-refractivity contribution >= 4 is 49.3 Å². The number of carbonyl (C=O) groups excluding carboxylic acids is 1. The van der Waals surface area contributed by atoms with Gasteiger partial charge in [-0.25, -0.2) is 4.68 Å². The fourth-order valence-electron chi connectivity index (χ4n) is 3.57. The van der Waals surface area contributed by atoms with Crippen molar-refractivity contribution in [3.05, 3.63) is 62.6 Å². The lowest BCUT2D eigenvalue weighted by atomic mass is 10.0. The number of carbonyl (C=O) groups is 1. The molecule has 4 rings (SSSR count). The van der Waals surface area contributed by atoms with Crippen LogP contribution >= 0.6 is 31.9 Å². The highest BCUT2D eigenvalue weighted by atomic mass is 79.9. The van der Waals surface area contributed by atoms with Crippen molar-refractivity contribution in [2.75, 3.05) is 10.6 Å². The zero-order valence-corrected chi connectivity index (χ0v) is 19.3. The Kier molecular flexibility index (Phi) is 5.91. The predicted molar refractivity (Wildman–Crippen MR) is 116 cm³/mol.